The highest BCUT2D eigenvalue weighted by atomic mass is 32.1. The summed E-state index contributed by atoms with van der Waals surface area (Å²) in [4.78, 5) is 25.4. The van der Waals surface area contributed by atoms with Gasteiger partial charge in [-0.1, -0.05) is 24.3 Å². The molecule has 7 heteroatoms. The van der Waals surface area contributed by atoms with Gasteiger partial charge < -0.3 is 0 Å². The normalized spacial score (nSPS) is 11.7. The fourth-order valence-electron chi connectivity index (χ4n) is 2.19. The summed E-state index contributed by atoms with van der Waals surface area (Å²) in [5.74, 6) is -0.451. The molecule has 3 rings (SSSR count). The van der Waals surface area contributed by atoms with E-state index in [-0.39, 0.29) is 11.3 Å². The van der Waals surface area contributed by atoms with Gasteiger partial charge in [0.1, 0.15) is 0 Å². The lowest BCUT2D eigenvalue weighted by molar-refractivity contribution is 0.0949. The zero-order valence-corrected chi connectivity index (χ0v) is 13.4. The van der Waals surface area contributed by atoms with Gasteiger partial charge in [-0.25, -0.2) is 10.1 Å². The van der Waals surface area contributed by atoms with Crippen LogP contribution in [0.5, 0.6) is 0 Å². The van der Waals surface area contributed by atoms with Gasteiger partial charge in [-0.3, -0.25) is 9.59 Å². The van der Waals surface area contributed by atoms with Crippen molar-refractivity contribution in [3.05, 3.63) is 62.7 Å². The van der Waals surface area contributed by atoms with E-state index in [0.29, 0.717) is 16.5 Å². The average molecular weight is 326 g/mol. The van der Waals surface area contributed by atoms with Gasteiger partial charge in [0.25, 0.3) is 11.5 Å². The highest BCUT2D eigenvalue weighted by Crippen LogP contribution is 2.13. The summed E-state index contributed by atoms with van der Waals surface area (Å²) in [6.45, 7) is 1.82. The first-order valence-electron chi connectivity index (χ1n) is 6.92. The second kappa shape index (κ2) is 6.13. The predicted octanol–water partition coefficient (Wildman–Crippen LogP) is 2.15. The van der Waals surface area contributed by atoms with E-state index in [1.807, 2.05) is 24.4 Å². The van der Waals surface area contributed by atoms with E-state index in [1.54, 1.807) is 35.6 Å². The molecule has 6 nitrogen and oxygen atoms in total. The average Bonchev–Trinajstić information content (AvgIpc) is 3.10. The zero-order chi connectivity index (χ0) is 16.4. The minimum atomic E-state index is -0.451. The van der Waals surface area contributed by atoms with E-state index in [1.165, 1.54) is 7.05 Å². The maximum atomic E-state index is 12.4. The van der Waals surface area contributed by atoms with Crippen LogP contribution in [0.1, 0.15) is 22.3 Å². The molecule has 0 atom stereocenters. The third-order valence-corrected chi connectivity index (χ3v) is 4.35. The SMILES string of the molecule is C/C(=N/NC(=O)c1nn(C)c(=O)c2ccccc12)c1cccs1. The number of thiophene rings is 1. The number of rotatable bonds is 3. The van der Waals surface area contributed by atoms with Gasteiger partial charge in [0.05, 0.1) is 11.1 Å². The molecule has 0 unspecified atom stereocenters. The lowest BCUT2D eigenvalue weighted by atomic mass is 10.1. The third kappa shape index (κ3) is 2.91. The quantitative estimate of drug-likeness (QED) is 0.592. The molecule has 0 radical (unpaired) electrons. The number of benzene rings is 1. The van der Waals surface area contributed by atoms with Gasteiger partial charge in [0.2, 0.25) is 0 Å². The number of carbonyl (C=O) groups is 1. The number of fused-ring (bicyclic) bond motifs is 1. The van der Waals surface area contributed by atoms with E-state index in [9.17, 15) is 9.59 Å². The molecular weight excluding hydrogens is 312 g/mol. The Balaban J connectivity index is 1.97. The van der Waals surface area contributed by atoms with Crippen LogP contribution in [0.2, 0.25) is 0 Å². The predicted molar refractivity (Wildman–Crippen MR) is 91.0 cm³/mol. The number of hydrogen-bond acceptors (Lipinski definition) is 5. The van der Waals surface area contributed by atoms with Crippen LogP contribution in [-0.4, -0.2) is 21.4 Å². The minimum Gasteiger partial charge on any atom is -0.267 e. The van der Waals surface area contributed by atoms with Gasteiger partial charge in [-0.15, -0.1) is 11.3 Å². The van der Waals surface area contributed by atoms with E-state index in [0.717, 1.165) is 9.56 Å². The maximum absolute atomic E-state index is 12.4. The fourth-order valence-corrected chi connectivity index (χ4v) is 2.87. The second-order valence-corrected chi connectivity index (χ2v) is 5.89. The van der Waals surface area contributed by atoms with Crippen LogP contribution in [0.3, 0.4) is 0 Å². The van der Waals surface area contributed by atoms with Crippen LogP contribution in [0.25, 0.3) is 10.8 Å². The standard InChI is InChI=1S/C16H14N4O2S/c1-10(13-8-5-9-23-13)17-18-15(21)14-11-6-3-4-7-12(11)16(22)20(2)19-14/h3-9H,1-2H3,(H,18,21)/b17-10-. The lowest BCUT2D eigenvalue weighted by Crippen LogP contribution is -2.27. The maximum Gasteiger partial charge on any atom is 0.292 e. The Bertz CT molecular complexity index is 958. The summed E-state index contributed by atoms with van der Waals surface area (Å²) >= 11 is 1.54. The molecule has 1 aromatic carbocycles. The van der Waals surface area contributed by atoms with Crippen LogP contribution in [0.4, 0.5) is 0 Å². The molecule has 23 heavy (non-hydrogen) atoms. The van der Waals surface area contributed by atoms with Gasteiger partial charge >= 0.3 is 0 Å². The first-order chi connectivity index (χ1) is 11.1. The number of carbonyl (C=O) groups excluding carboxylic acids is 1. The summed E-state index contributed by atoms with van der Waals surface area (Å²) in [6, 6.07) is 10.7. The van der Waals surface area contributed by atoms with Crippen molar-refractivity contribution in [2.45, 2.75) is 6.92 Å². The van der Waals surface area contributed by atoms with Gasteiger partial charge in [-0.2, -0.15) is 10.2 Å². The van der Waals surface area contributed by atoms with E-state index < -0.39 is 5.91 Å². The Morgan fingerprint density at radius 2 is 1.96 bits per heavy atom. The van der Waals surface area contributed by atoms with Crippen molar-refractivity contribution in [2.24, 2.45) is 12.1 Å². The van der Waals surface area contributed by atoms with Crippen molar-refractivity contribution in [2.75, 3.05) is 0 Å². The van der Waals surface area contributed by atoms with Crippen molar-refractivity contribution in [3.8, 4) is 0 Å². The molecule has 1 N–H and O–H groups in total. The Labute approximate surface area is 136 Å². The third-order valence-electron chi connectivity index (χ3n) is 3.37. The van der Waals surface area contributed by atoms with Crippen molar-refractivity contribution >= 4 is 33.7 Å². The minimum absolute atomic E-state index is 0.172. The van der Waals surface area contributed by atoms with E-state index in [4.69, 9.17) is 0 Å². The van der Waals surface area contributed by atoms with Gasteiger partial charge in [0.15, 0.2) is 5.69 Å². The molecule has 0 saturated carbocycles. The molecule has 0 aliphatic heterocycles. The number of hydrazone groups is 1. The van der Waals surface area contributed by atoms with Gasteiger partial charge in [0, 0.05) is 17.3 Å². The number of aromatic nitrogens is 2. The Morgan fingerprint density at radius 3 is 2.65 bits per heavy atom. The van der Waals surface area contributed by atoms with Gasteiger partial charge in [-0.05, 0) is 24.4 Å². The molecule has 0 saturated heterocycles. The van der Waals surface area contributed by atoms with Crippen LogP contribution < -0.4 is 11.0 Å². The van der Waals surface area contributed by atoms with Crippen LogP contribution >= 0.6 is 11.3 Å². The molecule has 2 aromatic heterocycles. The van der Waals surface area contributed by atoms with Crippen molar-refractivity contribution in [1.82, 2.24) is 15.2 Å². The molecule has 2 heterocycles. The van der Waals surface area contributed by atoms with Crippen molar-refractivity contribution < 1.29 is 4.79 Å². The summed E-state index contributed by atoms with van der Waals surface area (Å²) < 4.78 is 1.16. The number of aryl methyl sites for hydroxylation is 1. The van der Waals surface area contributed by atoms with Crippen molar-refractivity contribution in [1.29, 1.82) is 0 Å². The summed E-state index contributed by atoms with van der Waals surface area (Å²) in [5.41, 5.74) is 3.15. The molecule has 1 amide bonds. The lowest BCUT2D eigenvalue weighted by Gasteiger charge is -2.07. The summed E-state index contributed by atoms with van der Waals surface area (Å²) in [7, 11) is 1.52. The molecule has 0 fully saturated rings. The first-order valence-corrected chi connectivity index (χ1v) is 7.80. The zero-order valence-electron chi connectivity index (χ0n) is 12.6. The second-order valence-electron chi connectivity index (χ2n) is 4.94. The fraction of sp³-hybridized carbons (Fsp3) is 0.125. The largest absolute Gasteiger partial charge is 0.292 e. The molecule has 0 aliphatic rings. The van der Waals surface area contributed by atoms with Crippen LogP contribution in [-0.2, 0) is 7.05 Å². The topological polar surface area (TPSA) is 76.3 Å². The molecule has 0 aliphatic carbocycles. The number of amides is 1. The molecular formula is C16H14N4O2S. The Kier molecular flexibility index (Phi) is 4.03. The highest BCUT2D eigenvalue weighted by molar-refractivity contribution is 7.12. The smallest absolute Gasteiger partial charge is 0.267 e. The monoisotopic (exact) mass is 326 g/mol. The molecule has 0 bridgehead atoms. The molecule has 3 aromatic rings. The number of nitrogens with one attached hydrogen (secondary N) is 1. The first kappa shape index (κ1) is 15.1. The molecule has 116 valence electrons. The summed E-state index contributed by atoms with van der Waals surface area (Å²) in [5, 5.41) is 11.1. The Hall–Kier alpha value is -2.80. The van der Waals surface area contributed by atoms with E-state index >= 15 is 0 Å². The van der Waals surface area contributed by atoms with Crippen molar-refractivity contribution in [3.63, 3.8) is 0 Å². The number of nitrogens with zero attached hydrogens (tertiary/aromatic N) is 3. The van der Waals surface area contributed by atoms with E-state index in [2.05, 4.69) is 15.6 Å². The number of hydrogen-bond donors (Lipinski definition) is 1. The van der Waals surface area contributed by atoms with Crippen LogP contribution in [0.15, 0.2) is 51.7 Å². The molecule has 0 spiro atoms. The Morgan fingerprint density at radius 1 is 1.22 bits per heavy atom. The summed E-state index contributed by atoms with van der Waals surface area (Å²) in [6.07, 6.45) is 0. The highest BCUT2D eigenvalue weighted by Gasteiger charge is 2.15. The van der Waals surface area contributed by atoms with Crippen LogP contribution in [0, 0.1) is 0 Å².